The van der Waals surface area contributed by atoms with Gasteiger partial charge in [0.2, 0.25) is 0 Å². The molecule has 1 rings (SSSR count). The van der Waals surface area contributed by atoms with Gasteiger partial charge in [-0.25, -0.2) is 0 Å². The molecule has 1 fully saturated rings. The molecule has 0 N–H and O–H groups in total. The lowest BCUT2D eigenvalue weighted by Crippen LogP contribution is -2.06. The summed E-state index contributed by atoms with van der Waals surface area (Å²) in [5, 5.41) is 0. The first-order chi connectivity index (χ1) is 5.33. The minimum atomic E-state index is -0.0950. The molecule has 1 saturated heterocycles. The maximum Gasteiger partial charge on any atom is 0.305 e. The second kappa shape index (κ2) is 4.34. The topological polar surface area (TPSA) is 38.8 Å². The summed E-state index contributed by atoms with van der Waals surface area (Å²) in [7, 11) is 0. The lowest BCUT2D eigenvalue weighted by Gasteiger charge is -2.00. The van der Waals surface area contributed by atoms with E-state index in [1.807, 2.05) is 6.92 Å². The molecule has 0 bridgehead atoms. The molecular weight excluding hydrogens is 144 g/mol. The van der Waals surface area contributed by atoms with Crippen molar-refractivity contribution >= 4 is 5.97 Å². The molecular formula is C8H14O3. The highest BCUT2D eigenvalue weighted by atomic mass is 16.6. The number of hydrogen-bond acceptors (Lipinski definition) is 3. The van der Waals surface area contributed by atoms with Crippen LogP contribution in [-0.2, 0) is 14.3 Å². The van der Waals surface area contributed by atoms with Gasteiger partial charge in [0, 0.05) is 6.42 Å². The molecule has 11 heavy (non-hydrogen) atoms. The molecule has 0 aromatic carbocycles. The highest BCUT2D eigenvalue weighted by Crippen LogP contribution is 2.15. The summed E-state index contributed by atoms with van der Waals surface area (Å²) in [6.45, 7) is 3.35. The third-order valence-electron chi connectivity index (χ3n) is 1.54. The van der Waals surface area contributed by atoms with Crippen LogP contribution < -0.4 is 0 Å². The van der Waals surface area contributed by atoms with Crippen molar-refractivity contribution in [3.63, 3.8) is 0 Å². The molecule has 0 amide bonds. The molecule has 1 unspecified atom stereocenters. The zero-order valence-electron chi connectivity index (χ0n) is 6.84. The third kappa shape index (κ3) is 3.98. The van der Waals surface area contributed by atoms with Gasteiger partial charge in [-0.05, 0) is 12.8 Å². The monoisotopic (exact) mass is 158 g/mol. The fraction of sp³-hybridized carbons (Fsp3) is 0.875. The Balaban J connectivity index is 1.91. The van der Waals surface area contributed by atoms with E-state index in [9.17, 15) is 4.79 Å². The molecule has 0 spiro atoms. The Morgan fingerprint density at radius 1 is 1.73 bits per heavy atom. The van der Waals surface area contributed by atoms with Gasteiger partial charge in [0.15, 0.2) is 0 Å². The first-order valence-corrected chi connectivity index (χ1v) is 4.10. The number of carbonyl (C=O) groups excluding carboxylic acids is 1. The SMILES string of the molecule is CCCOC(=O)CCC1CO1. The summed E-state index contributed by atoms with van der Waals surface area (Å²) >= 11 is 0. The van der Waals surface area contributed by atoms with Gasteiger partial charge < -0.3 is 9.47 Å². The van der Waals surface area contributed by atoms with E-state index in [0.29, 0.717) is 19.1 Å². The fourth-order valence-corrected chi connectivity index (χ4v) is 0.802. The van der Waals surface area contributed by atoms with E-state index in [1.54, 1.807) is 0 Å². The Bertz CT molecular complexity index is 129. The van der Waals surface area contributed by atoms with Crippen LogP contribution in [0.4, 0.5) is 0 Å². The Labute approximate surface area is 66.7 Å². The van der Waals surface area contributed by atoms with Crippen LogP contribution in [0.1, 0.15) is 26.2 Å². The fourth-order valence-electron chi connectivity index (χ4n) is 0.802. The molecule has 0 saturated carbocycles. The summed E-state index contributed by atoms with van der Waals surface area (Å²) in [6.07, 6.45) is 2.56. The van der Waals surface area contributed by atoms with Gasteiger partial charge >= 0.3 is 5.97 Å². The van der Waals surface area contributed by atoms with Gasteiger partial charge in [-0.2, -0.15) is 0 Å². The average molecular weight is 158 g/mol. The van der Waals surface area contributed by atoms with Gasteiger partial charge in [-0.1, -0.05) is 6.92 Å². The van der Waals surface area contributed by atoms with Crippen molar-refractivity contribution in [1.29, 1.82) is 0 Å². The van der Waals surface area contributed by atoms with Crippen molar-refractivity contribution in [2.75, 3.05) is 13.2 Å². The van der Waals surface area contributed by atoms with Crippen molar-refractivity contribution in [3.05, 3.63) is 0 Å². The van der Waals surface area contributed by atoms with Crippen molar-refractivity contribution in [2.45, 2.75) is 32.3 Å². The van der Waals surface area contributed by atoms with Gasteiger partial charge in [0.1, 0.15) is 0 Å². The zero-order valence-corrected chi connectivity index (χ0v) is 6.84. The van der Waals surface area contributed by atoms with Crippen LogP contribution in [-0.4, -0.2) is 25.3 Å². The highest BCUT2D eigenvalue weighted by molar-refractivity contribution is 5.69. The van der Waals surface area contributed by atoms with Crippen LogP contribution in [0.15, 0.2) is 0 Å². The predicted molar refractivity (Wildman–Crippen MR) is 40.2 cm³/mol. The molecule has 3 heteroatoms. The van der Waals surface area contributed by atoms with E-state index in [-0.39, 0.29) is 5.97 Å². The molecule has 64 valence electrons. The zero-order chi connectivity index (χ0) is 8.10. The van der Waals surface area contributed by atoms with E-state index < -0.39 is 0 Å². The number of rotatable bonds is 5. The first kappa shape index (κ1) is 8.53. The van der Waals surface area contributed by atoms with Crippen LogP contribution in [0.2, 0.25) is 0 Å². The Morgan fingerprint density at radius 2 is 2.45 bits per heavy atom. The summed E-state index contributed by atoms with van der Waals surface area (Å²) in [5.41, 5.74) is 0. The smallest absolute Gasteiger partial charge is 0.305 e. The van der Waals surface area contributed by atoms with Crippen molar-refractivity contribution in [3.8, 4) is 0 Å². The quantitative estimate of drug-likeness (QED) is 0.444. The highest BCUT2D eigenvalue weighted by Gasteiger charge is 2.23. The van der Waals surface area contributed by atoms with Crippen LogP contribution in [0, 0.1) is 0 Å². The molecule has 1 aliphatic heterocycles. The second-order valence-corrected chi connectivity index (χ2v) is 2.71. The van der Waals surface area contributed by atoms with Crippen LogP contribution in [0.5, 0.6) is 0 Å². The Kier molecular flexibility index (Phi) is 3.36. The lowest BCUT2D eigenvalue weighted by atomic mass is 10.2. The first-order valence-electron chi connectivity index (χ1n) is 4.10. The number of hydrogen-bond donors (Lipinski definition) is 0. The summed E-state index contributed by atoms with van der Waals surface area (Å²) in [6, 6.07) is 0. The number of esters is 1. The van der Waals surface area contributed by atoms with Gasteiger partial charge in [-0.3, -0.25) is 4.79 Å². The molecule has 1 atom stereocenters. The number of ether oxygens (including phenoxy) is 2. The Hall–Kier alpha value is -0.570. The molecule has 1 heterocycles. The minimum absolute atomic E-state index is 0.0950. The van der Waals surface area contributed by atoms with Gasteiger partial charge in [-0.15, -0.1) is 0 Å². The predicted octanol–water partition coefficient (Wildman–Crippen LogP) is 1.12. The van der Waals surface area contributed by atoms with E-state index in [4.69, 9.17) is 9.47 Å². The van der Waals surface area contributed by atoms with E-state index in [1.165, 1.54) is 0 Å². The molecule has 0 aliphatic carbocycles. The summed E-state index contributed by atoms with van der Waals surface area (Å²) in [4.78, 5) is 10.9. The van der Waals surface area contributed by atoms with Crippen molar-refractivity contribution < 1.29 is 14.3 Å². The van der Waals surface area contributed by atoms with Crippen LogP contribution in [0.3, 0.4) is 0 Å². The Morgan fingerprint density at radius 3 is 3.00 bits per heavy atom. The maximum atomic E-state index is 10.9. The maximum absolute atomic E-state index is 10.9. The largest absolute Gasteiger partial charge is 0.466 e. The molecule has 0 aromatic heterocycles. The molecule has 1 aliphatic rings. The summed E-state index contributed by atoms with van der Waals surface area (Å²) in [5.74, 6) is -0.0950. The number of carbonyl (C=O) groups is 1. The molecule has 3 nitrogen and oxygen atoms in total. The van der Waals surface area contributed by atoms with E-state index in [2.05, 4.69) is 0 Å². The van der Waals surface area contributed by atoms with Crippen molar-refractivity contribution in [2.24, 2.45) is 0 Å². The molecule has 0 aromatic rings. The average Bonchev–Trinajstić information content (AvgIpc) is 2.80. The number of epoxide rings is 1. The van der Waals surface area contributed by atoms with Crippen LogP contribution >= 0.6 is 0 Å². The van der Waals surface area contributed by atoms with Gasteiger partial charge in [0.25, 0.3) is 0 Å². The van der Waals surface area contributed by atoms with Crippen molar-refractivity contribution in [1.82, 2.24) is 0 Å². The minimum Gasteiger partial charge on any atom is -0.466 e. The third-order valence-corrected chi connectivity index (χ3v) is 1.54. The van der Waals surface area contributed by atoms with Crippen LogP contribution in [0.25, 0.3) is 0 Å². The van der Waals surface area contributed by atoms with Gasteiger partial charge in [0.05, 0.1) is 19.3 Å². The normalized spacial score (nSPS) is 21.4. The molecule has 0 radical (unpaired) electrons. The van der Waals surface area contributed by atoms with E-state index >= 15 is 0 Å². The van der Waals surface area contributed by atoms with E-state index in [0.717, 1.165) is 19.4 Å². The lowest BCUT2D eigenvalue weighted by molar-refractivity contribution is -0.143. The second-order valence-electron chi connectivity index (χ2n) is 2.71. The standard InChI is InChI=1S/C8H14O3/c1-2-5-10-8(9)4-3-7-6-11-7/h7H,2-6H2,1H3. The summed E-state index contributed by atoms with van der Waals surface area (Å²) < 4.78 is 9.83.